The highest BCUT2D eigenvalue weighted by molar-refractivity contribution is 8.21. The molecule has 0 radical (unpaired) electrons. The van der Waals surface area contributed by atoms with Crippen LogP contribution in [0.5, 0.6) is 5.75 Å². The summed E-state index contributed by atoms with van der Waals surface area (Å²) in [5, 5.41) is 0. The summed E-state index contributed by atoms with van der Waals surface area (Å²) in [5.74, 6) is 1.56. The fourth-order valence-electron chi connectivity index (χ4n) is 2.92. The number of benzene rings is 3. The van der Waals surface area contributed by atoms with E-state index in [1.807, 2.05) is 60.7 Å². The maximum Gasteiger partial charge on any atom is 0.198 e. The van der Waals surface area contributed by atoms with Gasteiger partial charge in [0.25, 0.3) is 0 Å². The van der Waals surface area contributed by atoms with Gasteiger partial charge < -0.3 is 4.74 Å². The highest BCUT2D eigenvalue weighted by Gasteiger charge is 2.22. The maximum atomic E-state index is 13.3. The summed E-state index contributed by atoms with van der Waals surface area (Å²) in [6, 6.07) is 27.0. The van der Waals surface area contributed by atoms with Gasteiger partial charge in [-0.15, -0.1) is 23.5 Å². The number of methoxy groups -OCH3 is 1. The normalized spacial score (nSPS) is 10.4. The van der Waals surface area contributed by atoms with Crippen molar-refractivity contribution in [2.24, 2.45) is 0 Å². The number of hydrogen-bond donors (Lipinski definition) is 0. The summed E-state index contributed by atoms with van der Waals surface area (Å²) in [6.45, 7) is 1.46. The fraction of sp³-hybridized carbons (Fsp3) is 0.154. The molecule has 3 rings (SSSR count). The van der Waals surface area contributed by atoms with Gasteiger partial charge in [-0.05, 0) is 42.3 Å². The molecular formula is C26H24O3S2. The summed E-state index contributed by atoms with van der Waals surface area (Å²) in [6.07, 6.45) is 0. The van der Waals surface area contributed by atoms with Crippen LogP contribution in [0.2, 0.25) is 0 Å². The van der Waals surface area contributed by atoms with Crippen LogP contribution in [0.3, 0.4) is 0 Å². The summed E-state index contributed by atoms with van der Waals surface area (Å²) in [4.78, 5) is 25.9. The third-order valence-electron chi connectivity index (χ3n) is 4.56. The Labute approximate surface area is 191 Å². The van der Waals surface area contributed by atoms with Gasteiger partial charge in [0.15, 0.2) is 11.6 Å². The van der Waals surface area contributed by atoms with Crippen molar-refractivity contribution in [3.63, 3.8) is 0 Å². The van der Waals surface area contributed by atoms with Crippen LogP contribution in [0.25, 0.3) is 0 Å². The first-order valence-corrected chi connectivity index (χ1v) is 11.8. The second-order valence-corrected chi connectivity index (χ2v) is 9.05. The zero-order valence-electron chi connectivity index (χ0n) is 17.5. The number of thioether (sulfide) groups is 2. The molecule has 0 heterocycles. The van der Waals surface area contributed by atoms with E-state index in [0.29, 0.717) is 22.8 Å². The minimum atomic E-state index is -0.258. The number of carbonyl (C=O) groups is 2. The molecule has 0 saturated heterocycles. The lowest BCUT2D eigenvalue weighted by atomic mass is 10.0. The van der Waals surface area contributed by atoms with Crippen LogP contribution in [-0.4, -0.2) is 18.7 Å². The Morgan fingerprint density at radius 1 is 0.742 bits per heavy atom. The van der Waals surface area contributed by atoms with Crippen molar-refractivity contribution < 1.29 is 14.3 Å². The van der Waals surface area contributed by atoms with Crippen molar-refractivity contribution in [2.75, 3.05) is 7.11 Å². The zero-order valence-corrected chi connectivity index (χ0v) is 19.2. The standard InChI is InChI=1S/C26H24O3S2/c1-19(27)24(25(28)22-13-15-23(29-2)16-14-22)26(30-17-20-9-5-3-6-10-20)31-18-21-11-7-4-8-12-21/h3-16H,17-18H2,1-2H3. The summed E-state index contributed by atoms with van der Waals surface area (Å²) in [5.41, 5.74) is 3.01. The van der Waals surface area contributed by atoms with Gasteiger partial charge in [0.2, 0.25) is 0 Å². The van der Waals surface area contributed by atoms with E-state index in [2.05, 4.69) is 0 Å². The molecule has 0 aromatic heterocycles. The number of Topliss-reactive ketones (excluding diaryl/α,β-unsaturated/α-hetero) is 2. The number of hydrogen-bond acceptors (Lipinski definition) is 5. The molecule has 158 valence electrons. The monoisotopic (exact) mass is 448 g/mol. The molecule has 0 unspecified atom stereocenters. The predicted octanol–water partition coefficient (Wildman–Crippen LogP) is 6.55. The van der Waals surface area contributed by atoms with E-state index in [1.165, 1.54) is 30.4 Å². The van der Waals surface area contributed by atoms with E-state index >= 15 is 0 Å². The second-order valence-electron chi connectivity index (χ2n) is 6.82. The van der Waals surface area contributed by atoms with Crippen molar-refractivity contribution in [1.29, 1.82) is 0 Å². The minimum Gasteiger partial charge on any atom is -0.497 e. The molecule has 0 bridgehead atoms. The van der Waals surface area contributed by atoms with Gasteiger partial charge in [0, 0.05) is 17.1 Å². The van der Waals surface area contributed by atoms with E-state index in [-0.39, 0.29) is 17.1 Å². The first-order chi connectivity index (χ1) is 15.1. The van der Waals surface area contributed by atoms with Gasteiger partial charge in [-0.25, -0.2) is 0 Å². The Morgan fingerprint density at radius 3 is 1.65 bits per heavy atom. The van der Waals surface area contributed by atoms with Gasteiger partial charge in [0.05, 0.1) is 16.9 Å². The van der Waals surface area contributed by atoms with E-state index in [9.17, 15) is 9.59 Å². The largest absolute Gasteiger partial charge is 0.497 e. The molecule has 0 saturated carbocycles. The Morgan fingerprint density at radius 2 is 1.23 bits per heavy atom. The molecule has 0 aliphatic carbocycles. The van der Waals surface area contributed by atoms with Crippen LogP contribution in [0, 0.1) is 0 Å². The zero-order chi connectivity index (χ0) is 22.1. The molecule has 0 spiro atoms. The summed E-state index contributed by atoms with van der Waals surface area (Å²) in [7, 11) is 1.58. The number of allylic oxidation sites excluding steroid dienone is 1. The molecule has 3 aromatic rings. The minimum absolute atomic E-state index is 0.225. The Hall–Kier alpha value is -2.76. The van der Waals surface area contributed by atoms with Crippen molar-refractivity contribution in [3.8, 4) is 5.75 Å². The van der Waals surface area contributed by atoms with Crippen molar-refractivity contribution >= 4 is 35.1 Å². The molecule has 5 heteroatoms. The van der Waals surface area contributed by atoms with Crippen LogP contribution in [0.15, 0.2) is 94.7 Å². The Balaban J connectivity index is 1.92. The van der Waals surface area contributed by atoms with Gasteiger partial charge in [-0.3, -0.25) is 9.59 Å². The van der Waals surface area contributed by atoms with Gasteiger partial charge in [0.1, 0.15) is 5.75 Å². The fourth-order valence-corrected chi connectivity index (χ4v) is 5.34. The van der Waals surface area contributed by atoms with Crippen molar-refractivity contribution in [1.82, 2.24) is 0 Å². The van der Waals surface area contributed by atoms with Crippen LogP contribution in [0.1, 0.15) is 28.4 Å². The molecule has 3 nitrogen and oxygen atoms in total. The van der Waals surface area contributed by atoms with Crippen molar-refractivity contribution in [3.05, 3.63) is 111 Å². The van der Waals surface area contributed by atoms with Crippen molar-refractivity contribution in [2.45, 2.75) is 18.4 Å². The second kappa shape index (κ2) is 11.6. The third kappa shape index (κ3) is 6.61. The van der Waals surface area contributed by atoms with E-state index in [4.69, 9.17) is 4.74 Å². The van der Waals surface area contributed by atoms with Crippen LogP contribution >= 0.6 is 23.5 Å². The average molecular weight is 449 g/mol. The maximum absolute atomic E-state index is 13.3. The predicted molar refractivity (Wildman–Crippen MR) is 131 cm³/mol. The van der Waals surface area contributed by atoms with Crippen LogP contribution in [0.4, 0.5) is 0 Å². The Bertz CT molecular complexity index is 998. The SMILES string of the molecule is COc1ccc(C(=O)C(C(C)=O)=C(SCc2ccccc2)SCc2ccccc2)cc1. The number of carbonyl (C=O) groups excluding carboxylic acids is 2. The van der Waals surface area contributed by atoms with Gasteiger partial charge in [-0.2, -0.15) is 0 Å². The van der Waals surface area contributed by atoms with Crippen LogP contribution in [-0.2, 0) is 16.3 Å². The topological polar surface area (TPSA) is 43.4 Å². The number of rotatable bonds is 10. The molecule has 3 aromatic carbocycles. The molecule has 0 aliphatic heterocycles. The highest BCUT2D eigenvalue weighted by atomic mass is 32.2. The third-order valence-corrected chi connectivity index (χ3v) is 7.16. The molecule has 0 amide bonds. The van der Waals surface area contributed by atoms with Gasteiger partial charge in [-0.1, -0.05) is 60.7 Å². The van der Waals surface area contributed by atoms with Crippen LogP contribution < -0.4 is 4.74 Å². The van der Waals surface area contributed by atoms with E-state index in [1.54, 1.807) is 31.4 Å². The molecule has 0 aliphatic rings. The molecule has 31 heavy (non-hydrogen) atoms. The lowest BCUT2D eigenvalue weighted by molar-refractivity contribution is -0.113. The highest BCUT2D eigenvalue weighted by Crippen LogP contribution is 2.37. The molecule has 0 fully saturated rings. The lowest BCUT2D eigenvalue weighted by Crippen LogP contribution is -2.12. The Kier molecular flexibility index (Phi) is 8.56. The van der Waals surface area contributed by atoms with E-state index in [0.717, 1.165) is 15.4 Å². The summed E-state index contributed by atoms with van der Waals surface area (Å²) >= 11 is 3.07. The molecule has 0 N–H and O–H groups in total. The van der Waals surface area contributed by atoms with Gasteiger partial charge >= 0.3 is 0 Å². The first-order valence-electron chi connectivity index (χ1n) is 9.86. The smallest absolute Gasteiger partial charge is 0.198 e. The number of ether oxygens (including phenoxy) is 1. The quantitative estimate of drug-likeness (QED) is 0.152. The lowest BCUT2D eigenvalue weighted by Gasteiger charge is -2.13. The van der Waals surface area contributed by atoms with E-state index < -0.39 is 0 Å². The first kappa shape index (κ1) is 22.9. The summed E-state index contributed by atoms with van der Waals surface area (Å²) < 4.78 is 5.93. The average Bonchev–Trinajstić information content (AvgIpc) is 2.81. The molecule has 0 atom stereocenters. The molecular weight excluding hydrogens is 424 g/mol. The number of ketones is 2.